The van der Waals surface area contributed by atoms with Gasteiger partial charge in [0.1, 0.15) is 0 Å². The molecule has 2 atom stereocenters. The van der Waals surface area contributed by atoms with Gasteiger partial charge < -0.3 is 16.0 Å². The van der Waals surface area contributed by atoms with Crippen LogP contribution in [0.4, 0.5) is 18.9 Å². The van der Waals surface area contributed by atoms with Gasteiger partial charge in [-0.15, -0.1) is 12.4 Å². The summed E-state index contributed by atoms with van der Waals surface area (Å²) in [4.78, 5) is 24.7. The van der Waals surface area contributed by atoms with Crippen molar-refractivity contribution in [3.05, 3.63) is 29.8 Å². The number of rotatable bonds is 3. The van der Waals surface area contributed by atoms with Crippen LogP contribution < -0.4 is 16.0 Å². The Hall–Kier alpha value is -1.80. The number of halogens is 4. The van der Waals surface area contributed by atoms with E-state index in [4.69, 9.17) is 5.73 Å². The number of hydrogen-bond donors (Lipinski definition) is 2. The smallest absolute Gasteiger partial charge is 0.350 e. The highest BCUT2D eigenvalue weighted by atomic mass is 35.5. The molecule has 0 aliphatic carbocycles. The van der Waals surface area contributed by atoms with Crippen molar-refractivity contribution in [1.82, 2.24) is 5.32 Å². The molecule has 1 heterocycles. The summed E-state index contributed by atoms with van der Waals surface area (Å²) < 4.78 is 38.1. The minimum Gasteiger partial charge on any atom is -0.350 e. The van der Waals surface area contributed by atoms with Crippen LogP contribution in [0.3, 0.4) is 0 Å². The average Bonchev–Trinajstić information content (AvgIpc) is 2.78. The minimum atomic E-state index is -4.47. The fourth-order valence-corrected chi connectivity index (χ4v) is 2.24. The fourth-order valence-electron chi connectivity index (χ4n) is 2.24. The largest absolute Gasteiger partial charge is 0.416 e. The van der Waals surface area contributed by atoms with Gasteiger partial charge in [-0.3, -0.25) is 9.59 Å². The fraction of sp³-hybridized carbons (Fsp3) is 0.429. The molecular formula is C14H17ClF3N3O2. The van der Waals surface area contributed by atoms with Crippen LogP contribution in [-0.4, -0.2) is 30.4 Å². The Balaban J connectivity index is 0.00000264. The van der Waals surface area contributed by atoms with Gasteiger partial charge in [0.15, 0.2) is 0 Å². The maximum atomic E-state index is 12.7. The first kappa shape index (κ1) is 19.2. The Bertz CT molecular complexity index is 593. The Morgan fingerprint density at radius 2 is 2.09 bits per heavy atom. The molecule has 3 N–H and O–H groups in total. The third-order valence-corrected chi connectivity index (χ3v) is 3.37. The Kier molecular flexibility index (Phi) is 6.01. The predicted molar refractivity (Wildman–Crippen MR) is 81.2 cm³/mol. The van der Waals surface area contributed by atoms with E-state index in [9.17, 15) is 22.8 Å². The third-order valence-electron chi connectivity index (χ3n) is 3.37. The second-order valence-electron chi connectivity index (χ2n) is 5.25. The highest BCUT2D eigenvalue weighted by Crippen LogP contribution is 2.32. The van der Waals surface area contributed by atoms with Gasteiger partial charge in [-0.2, -0.15) is 13.2 Å². The third kappa shape index (κ3) is 4.59. The van der Waals surface area contributed by atoms with Crippen molar-refractivity contribution in [3.63, 3.8) is 0 Å². The van der Waals surface area contributed by atoms with Crippen molar-refractivity contribution in [2.24, 2.45) is 5.73 Å². The van der Waals surface area contributed by atoms with Gasteiger partial charge in [0, 0.05) is 18.7 Å². The molecule has 1 saturated heterocycles. The van der Waals surface area contributed by atoms with Gasteiger partial charge in [-0.25, -0.2) is 0 Å². The molecule has 0 spiro atoms. The Morgan fingerprint density at radius 3 is 2.65 bits per heavy atom. The molecule has 2 amide bonds. The molecular weight excluding hydrogens is 335 g/mol. The Labute approximate surface area is 137 Å². The topological polar surface area (TPSA) is 75.4 Å². The summed E-state index contributed by atoms with van der Waals surface area (Å²) in [6.45, 7) is 1.63. The van der Waals surface area contributed by atoms with Crippen molar-refractivity contribution < 1.29 is 22.8 Å². The SMILES string of the molecule is C[C@@H](N)C(=O)NC1CC(=O)N(c2cccc(C(F)(F)F)c2)C1.Cl. The van der Waals surface area contributed by atoms with Crippen molar-refractivity contribution in [1.29, 1.82) is 0 Å². The molecule has 5 nitrogen and oxygen atoms in total. The molecule has 0 bridgehead atoms. The molecule has 0 aromatic heterocycles. The number of carbonyl (C=O) groups excluding carboxylic acids is 2. The van der Waals surface area contributed by atoms with E-state index in [0.29, 0.717) is 0 Å². The van der Waals surface area contributed by atoms with E-state index >= 15 is 0 Å². The van der Waals surface area contributed by atoms with Crippen molar-refractivity contribution >= 4 is 29.9 Å². The lowest BCUT2D eigenvalue weighted by molar-refractivity contribution is -0.137. The van der Waals surface area contributed by atoms with E-state index in [0.717, 1.165) is 12.1 Å². The van der Waals surface area contributed by atoms with Crippen LogP contribution in [0.5, 0.6) is 0 Å². The monoisotopic (exact) mass is 351 g/mol. The normalized spacial score (nSPS) is 19.3. The molecule has 1 unspecified atom stereocenters. The van der Waals surface area contributed by atoms with E-state index in [2.05, 4.69) is 5.32 Å². The molecule has 1 aliphatic rings. The molecule has 1 aromatic rings. The summed E-state index contributed by atoms with van der Waals surface area (Å²) in [6.07, 6.45) is -4.43. The maximum Gasteiger partial charge on any atom is 0.416 e. The second-order valence-corrected chi connectivity index (χ2v) is 5.25. The number of benzene rings is 1. The standard InChI is InChI=1S/C14H16F3N3O2.ClH/c1-8(18)13(22)19-10-6-12(21)20(7-10)11-4-2-3-9(5-11)14(15,16)17;/h2-5,8,10H,6-7,18H2,1H3,(H,19,22);1H/t8-,10?;/m1./s1. The van der Waals surface area contributed by atoms with E-state index in [1.807, 2.05) is 0 Å². The maximum absolute atomic E-state index is 12.7. The quantitative estimate of drug-likeness (QED) is 0.870. The van der Waals surface area contributed by atoms with Crippen LogP contribution in [0.1, 0.15) is 18.9 Å². The van der Waals surface area contributed by atoms with E-state index in [1.165, 1.54) is 24.0 Å². The molecule has 23 heavy (non-hydrogen) atoms. The predicted octanol–water partition coefficient (Wildman–Crippen LogP) is 1.70. The molecule has 0 saturated carbocycles. The number of hydrogen-bond acceptors (Lipinski definition) is 3. The lowest BCUT2D eigenvalue weighted by atomic mass is 10.2. The zero-order valence-electron chi connectivity index (χ0n) is 12.3. The summed E-state index contributed by atoms with van der Waals surface area (Å²) in [7, 11) is 0. The van der Waals surface area contributed by atoms with Crippen LogP contribution in [0.15, 0.2) is 24.3 Å². The number of carbonyl (C=O) groups is 2. The summed E-state index contributed by atoms with van der Waals surface area (Å²) in [5, 5.41) is 2.60. The van der Waals surface area contributed by atoms with Gasteiger partial charge in [-0.1, -0.05) is 6.07 Å². The van der Waals surface area contributed by atoms with Crippen LogP contribution in [0, 0.1) is 0 Å². The van der Waals surface area contributed by atoms with Crippen LogP contribution in [0.25, 0.3) is 0 Å². The van der Waals surface area contributed by atoms with E-state index in [-0.39, 0.29) is 37.0 Å². The van der Waals surface area contributed by atoms with Gasteiger partial charge in [0.25, 0.3) is 0 Å². The number of amides is 2. The summed E-state index contributed by atoms with van der Waals surface area (Å²) in [5.41, 5.74) is 4.77. The molecule has 9 heteroatoms. The first-order chi connectivity index (χ1) is 10.2. The van der Waals surface area contributed by atoms with E-state index in [1.54, 1.807) is 0 Å². The van der Waals surface area contributed by atoms with Gasteiger partial charge in [-0.05, 0) is 25.1 Å². The van der Waals surface area contributed by atoms with Crippen molar-refractivity contribution in [2.75, 3.05) is 11.4 Å². The number of alkyl halides is 3. The highest BCUT2D eigenvalue weighted by Gasteiger charge is 2.34. The molecule has 0 radical (unpaired) electrons. The highest BCUT2D eigenvalue weighted by molar-refractivity contribution is 5.97. The van der Waals surface area contributed by atoms with Crippen LogP contribution in [0.2, 0.25) is 0 Å². The lowest BCUT2D eigenvalue weighted by Crippen LogP contribution is -2.44. The summed E-state index contributed by atoms with van der Waals surface area (Å²) in [6, 6.07) is 3.38. The minimum absolute atomic E-state index is 0. The second kappa shape index (κ2) is 7.18. The van der Waals surface area contributed by atoms with Crippen LogP contribution >= 0.6 is 12.4 Å². The van der Waals surface area contributed by atoms with E-state index < -0.39 is 29.7 Å². The molecule has 2 rings (SSSR count). The average molecular weight is 352 g/mol. The number of nitrogens with one attached hydrogen (secondary N) is 1. The molecule has 1 aliphatic heterocycles. The summed E-state index contributed by atoms with van der Waals surface area (Å²) in [5.74, 6) is -0.738. The molecule has 1 fully saturated rings. The van der Waals surface area contributed by atoms with Crippen molar-refractivity contribution in [3.8, 4) is 0 Å². The molecule has 128 valence electrons. The van der Waals surface area contributed by atoms with Crippen molar-refractivity contribution in [2.45, 2.75) is 31.6 Å². The number of anilines is 1. The number of nitrogens with zero attached hydrogens (tertiary/aromatic N) is 1. The van der Waals surface area contributed by atoms with Gasteiger partial charge in [0.2, 0.25) is 11.8 Å². The zero-order chi connectivity index (χ0) is 16.5. The summed E-state index contributed by atoms with van der Waals surface area (Å²) >= 11 is 0. The Morgan fingerprint density at radius 1 is 1.43 bits per heavy atom. The first-order valence-electron chi connectivity index (χ1n) is 6.72. The first-order valence-corrected chi connectivity index (χ1v) is 6.72. The zero-order valence-corrected chi connectivity index (χ0v) is 13.1. The van der Waals surface area contributed by atoms with Gasteiger partial charge >= 0.3 is 6.18 Å². The lowest BCUT2D eigenvalue weighted by Gasteiger charge is -2.19. The van der Waals surface area contributed by atoms with Crippen LogP contribution in [-0.2, 0) is 15.8 Å². The van der Waals surface area contributed by atoms with Gasteiger partial charge in [0.05, 0.1) is 17.6 Å². The molecule has 1 aromatic carbocycles. The number of nitrogens with two attached hydrogens (primary N) is 1.